The summed E-state index contributed by atoms with van der Waals surface area (Å²) in [5, 5.41) is 11.7. The van der Waals surface area contributed by atoms with Crippen molar-refractivity contribution in [1.29, 1.82) is 0 Å². The molecule has 0 saturated heterocycles. The van der Waals surface area contributed by atoms with Gasteiger partial charge in [0.05, 0.1) is 0 Å². The molecular formula is C23H33NO4. The molecule has 1 atom stereocenters. The van der Waals surface area contributed by atoms with Gasteiger partial charge in [0.25, 0.3) is 0 Å². The first-order valence-corrected chi connectivity index (χ1v) is 10.6. The summed E-state index contributed by atoms with van der Waals surface area (Å²) in [7, 11) is 0. The van der Waals surface area contributed by atoms with Crippen molar-refractivity contribution in [2.24, 2.45) is 11.8 Å². The minimum Gasteiger partial charge on any atom is -0.389 e. The van der Waals surface area contributed by atoms with E-state index in [4.69, 9.17) is 5.11 Å². The van der Waals surface area contributed by atoms with Crippen LogP contribution in [-0.2, 0) is 14.4 Å². The molecule has 5 heteroatoms. The number of aliphatic hydroxyl groups is 1. The number of nitrogens with one attached hydrogen (secondary N) is 1. The highest BCUT2D eigenvalue weighted by Crippen LogP contribution is 2.28. The van der Waals surface area contributed by atoms with E-state index in [2.05, 4.69) is 5.32 Å². The van der Waals surface area contributed by atoms with Gasteiger partial charge in [0.15, 0.2) is 5.78 Å². The van der Waals surface area contributed by atoms with Gasteiger partial charge in [-0.2, -0.15) is 0 Å². The Balaban J connectivity index is 1.89. The van der Waals surface area contributed by atoms with E-state index in [1.54, 1.807) is 0 Å². The van der Waals surface area contributed by atoms with Crippen LogP contribution in [0.15, 0.2) is 30.3 Å². The Morgan fingerprint density at radius 3 is 2.39 bits per heavy atom. The first-order valence-electron chi connectivity index (χ1n) is 10.6. The number of Topliss-reactive ketones (excluding diaryl/α,β-unsaturated/α-hetero) is 2. The molecule has 28 heavy (non-hydrogen) atoms. The third kappa shape index (κ3) is 7.93. The van der Waals surface area contributed by atoms with E-state index < -0.39 is 6.61 Å². The van der Waals surface area contributed by atoms with E-state index in [9.17, 15) is 14.4 Å². The number of carbonyl (C=O) groups is 3. The Morgan fingerprint density at radius 2 is 1.71 bits per heavy atom. The highest BCUT2D eigenvalue weighted by molar-refractivity contribution is 5.95. The van der Waals surface area contributed by atoms with Crippen LogP contribution >= 0.6 is 0 Å². The van der Waals surface area contributed by atoms with Crippen LogP contribution in [0.1, 0.15) is 70.6 Å². The lowest BCUT2D eigenvalue weighted by molar-refractivity contribution is -0.129. The molecule has 1 aliphatic rings. The van der Waals surface area contributed by atoms with Crippen molar-refractivity contribution in [2.75, 3.05) is 11.9 Å². The van der Waals surface area contributed by atoms with Gasteiger partial charge in [-0.3, -0.25) is 14.4 Å². The van der Waals surface area contributed by atoms with E-state index in [0.29, 0.717) is 25.7 Å². The van der Waals surface area contributed by atoms with Crippen molar-refractivity contribution in [3.8, 4) is 0 Å². The highest BCUT2D eigenvalue weighted by Gasteiger charge is 2.27. The van der Waals surface area contributed by atoms with Gasteiger partial charge >= 0.3 is 0 Å². The van der Waals surface area contributed by atoms with Gasteiger partial charge in [0, 0.05) is 30.4 Å². The molecule has 1 fully saturated rings. The van der Waals surface area contributed by atoms with Crippen LogP contribution in [0, 0.1) is 11.8 Å². The van der Waals surface area contributed by atoms with Crippen LogP contribution in [-0.4, -0.2) is 29.2 Å². The molecule has 1 aromatic carbocycles. The summed E-state index contributed by atoms with van der Waals surface area (Å²) in [5.41, 5.74) is 0.746. The molecule has 0 spiro atoms. The van der Waals surface area contributed by atoms with Crippen LogP contribution in [0.3, 0.4) is 0 Å². The number of para-hydroxylation sites is 1. The number of hydrogen-bond donors (Lipinski definition) is 2. The highest BCUT2D eigenvalue weighted by atomic mass is 16.3. The third-order valence-corrected chi connectivity index (χ3v) is 5.60. The molecule has 0 aromatic heterocycles. The zero-order valence-corrected chi connectivity index (χ0v) is 16.7. The van der Waals surface area contributed by atoms with E-state index in [1.165, 1.54) is 6.42 Å². The number of unbranched alkanes of at least 4 members (excludes halogenated alkanes) is 2. The maximum Gasteiger partial charge on any atom is 0.227 e. The second-order valence-corrected chi connectivity index (χ2v) is 7.85. The molecule has 2 N–H and O–H groups in total. The SMILES string of the molecule is O=C(CO)CCCCCC(CC(=O)C1CCCCC1)C(=O)Nc1ccccc1. The van der Waals surface area contributed by atoms with Crippen LogP contribution < -0.4 is 5.32 Å². The molecule has 1 unspecified atom stereocenters. The van der Waals surface area contributed by atoms with Crippen LogP contribution in [0.25, 0.3) is 0 Å². The molecule has 1 saturated carbocycles. The second kappa shape index (κ2) is 12.4. The number of aliphatic hydroxyl groups excluding tert-OH is 1. The maximum absolute atomic E-state index is 12.8. The largest absolute Gasteiger partial charge is 0.389 e. The minimum absolute atomic E-state index is 0.0956. The fourth-order valence-corrected chi connectivity index (χ4v) is 3.89. The summed E-state index contributed by atoms with van der Waals surface area (Å²) in [5.74, 6) is -0.234. The lowest BCUT2D eigenvalue weighted by Crippen LogP contribution is -2.28. The van der Waals surface area contributed by atoms with Gasteiger partial charge in [-0.1, -0.05) is 50.3 Å². The summed E-state index contributed by atoms with van der Waals surface area (Å²) in [6.07, 6.45) is 8.97. The van der Waals surface area contributed by atoms with Crippen molar-refractivity contribution < 1.29 is 19.5 Å². The molecule has 0 bridgehead atoms. The fourth-order valence-electron chi connectivity index (χ4n) is 3.89. The molecule has 154 valence electrons. The zero-order valence-electron chi connectivity index (χ0n) is 16.7. The number of amides is 1. The van der Waals surface area contributed by atoms with Crippen molar-refractivity contribution in [3.05, 3.63) is 30.3 Å². The number of carbonyl (C=O) groups excluding carboxylic acids is 3. The molecule has 1 aromatic rings. The average Bonchev–Trinajstić information content (AvgIpc) is 2.73. The number of ketones is 2. The molecule has 0 radical (unpaired) electrons. The summed E-state index contributed by atoms with van der Waals surface area (Å²) in [4.78, 5) is 36.7. The molecular weight excluding hydrogens is 354 g/mol. The quantitative estimate of drug-likeness (QED) is 0.524. The predicted octanol–water partition coefficient (Wildman–Crippen LogP) is 4.29. The molecule has 1 aliphatic carbocycles. The normalized spacial score (nSPS) is 15.8. The Morgan fingerprint density at radius 1 is 1.00 bits per heavy atom. The van der Waals surface area contributed by atoms with Gasteiger partial charge in [-0.15, -0.1) is 0 Å². The first kappa shape index (κ1) is 22.3. The maximum atomic E-state index is 12.8. The first-order chi connectivity index (χ1) is 13.6. The number of anilines is 1. The van der Waals surface area contributed by atoms with Crippen molar-refractivity contribution >= 4 is 23.2 Å². The molecule has 2 rings (SSSR count). The minimum atomic E-state index is -0.405. The average molecular weight is 388 g/mol. The summed E-state index contributed by atoms with van der Waals surface area (Å²) < 4.78 is 0. The smallest absolute Gasteiger partial charge is 0.227 e. The molecule has 1 amide bonds. The Kier molecular flexibility index (Phi) is 9.91. The Bertz CT molecular complexity index is 623. The van der Waals surface area contributed by atoms with E-state index in [0.717, 1.165) is 44.2 Å². The van der Waals surface area contributed by atoms with Crippen molar-refractivity contribution in [3.63, 3.8) is 0 Å². The molecule has 0 aliphatic heterocycles. The third-order valence-electron chi connectivity index (χ3n) is 5.60. The number of benzene rings is 1. The van der Waals surface area contributed by atoms with E-state index in [1.807, 2.05) is 30.3 Å². The summed E-state index contributed by atoms with van der Waals surface area (Å²) in [6.45, 7) is -0.405. The lowest BCUT2D eigenvalue weighted by Gasteiger charge is -2.23. The zero-order chi connectivity index (χ0) is 20.2. The molecule has 5 nitrogen and oxygen atoms in total. The monoisotopic (exact) mass is 387 g/mol. The van der Waals surface area contributed by atoms with E-state index in [-0.39, 0.29) is 29.3 Å². The van der Waals surface area contributed by atoms with Crippen molar-refractivity contribution in [2.45, 2.75) is 70.6 Å². The Hall–Kier alpha value is -2.01. The summed E-state index contributed by atoms with van der Waals surface area (Å²) in [6, 6.07) is 9.33. The lowest BCUT2D eigenvalue weighted by atomic mass is 9.82. The van der Waals surface area contributed by atoms with Gasteiger partial charge in [0.2, 0.25) is 5.91 Å². The number of hydrogen-bond acceptors (Lipinski definition) is 4. The summed E-state index contributed by atoms with van der Waals surface area (Å²) >= 11 is 0. The van der Waals surface area contributed by atoms with Crippen LogP contribution in [0.2, 0.25) is 0 Å². The standard InChI is InChI=1S/C23H33NO4/c25-17-21(26)15-9-2-6-12-19(16-22(27)18-10-4-1-5-11-18)23(28)24-20-13-7-3-8-14-20/h3,7-8,13-14,18-19,25H,1-2,4-6,9-12,15-17H2,(H,24,28). The Labute approximate surface area is 167 Å². The van der Waals surface area contributed by atoms with Gasteiger partial charge in [-0.25, -0.2) is 0 Å². The fraction of sp³-hybridized carbons (Fsp3) is 0.609. The van der Waals surface area contributed by atoms with E-state index >= 15 is 0 Å². The van der Waals surface area contributed by atoms with Gasteiger partial charge < -0.3 is 10.4 Å². The second-order valence-electron chi connectivity index (χ2n) is 7.85. The topological polar surface area (TPSA) is 83.5 Å². The predicted molar refractivity (Wildman–Crippen MR) is 110 cm³/mol. The van der Waals surface area contributed by atoms with Gasteiger partial charge in [0.1, 0.15) is 12.4 Å². The number of rotatable bonds is 12. The molecule has 0 heterocycles. The van der Waals surface area contributed by atoms with Crippen molar-refractivity contribution in [1.82, 2.24) is 0 Å². The van der Waals surface area contributed by atoms with Crippen LogP contribution in [0.4, 0.5) is 5.69 Å². The van der Waals surface area contributed by atoms with Gasteiger partial charge in [-0.05, 0) is 37.8 Å². The van der Waals surface area contributed by atoms with Crippen LogP contribution in [0.5, 0.6) is 0 Å².